The van der Waals surface area contributed by atoms with Gasteiger partial charge in [0, 0.05) is 0 Å². The van der Waals surface area contributed by atoms with Gasteiger partial charge in [-0.25, -0.2) is 4.79 Å². The third-order valence-corrected chi connectivity index (χ3v) is 2.79. The summed E-state index contributed by atoms with van der Waals surface area (Å²) in [5, 5.41) is 9.30. The number of hydrogen-bond acceptors (Lipinski definition) is 5. The van der Waals surface area contributed by atoms with E-state index in [9.17, 15) is 19.5 Å². The van der Waals surface area contributed by atoms with Crippen LogP contribution in [0.3, 0.4) is 0 Å². The molecule has 1 N–H and O–H groups in total. The van der Waals surface area contributed by atoms with Crippen molar-refractivity contribution in [3.63, 3.8) is 0 Å². The van der Waals surface area contributed by atoms with Crippen LogP contribution >= 0.6 is 0 Å². The highest BCUT2D eigenvalue weighted by molar-refractivity contribution is 6.00. The number of esters is 2. The largest absolute Gasteiger partial charge is 0.480 e. The monoisotopic (exact) mass is 322 g/mol. The summed E-state index contributed by atoms with van der Waals surface area (Å²) >= 11 is 0. The van der Waals surface area contributed by atoms with E-state index in [0.29, 0.717) is 6.42 Å². The van der Waals surface area contributed by atoms with Crippen molar-refractivity contribution in [2.75, 3.05) is 6.61 Å². The lowest BCUT2D eigenvalue weighted by molar-refractivity contribution is -0.154. The Morgan fingerprint density at radius 3 is 2.39 bits per heavy atom. The van der Waals surface area contributed by atoms with E-state index in [2.05, 4.69) is 0 Å². The van der Waals surface area contributed by atoms with E-state index in [1.807, 2.05) is 6.92 Å². The molecule has 1 atom stereocenters. The number of aliphatic carboxylic acids is 1. The van der Waals surface area contributed by atoms with Crippen LogP contribution in [-0.4, -0.2) is 35.2 Å². The summed E-state index contributed by atoms with van der Waals surface area (Å²) in [4.78, 5) is 35.4. The summed E-state index contributed by atoms with van der Waals surface area (Å²) in [6.07, 6.45) is 0.593. The highest BCUT2D eigenvalue weighted by Gasteiger charge is 2.30. The van der Waals surface area contributed by atoms with Crippen LogP contribution in [0.15, 0.2) is 24.3 Å². The number of rotatable bonds is 6. The molecule has 0 radical (unpaired) electrons. The molecule has 126 valence electrons. The van der Waals surface area contributed by atoms with Crippen LogP contribution in [0.4, 0.5) is 0 Å². The zero-order valence-corrected chi connectivity index (χ0v) is 13.8. The second-order valence-electron chi connectivity index (χ2n) is 6.07. The van der Waals surface area contributed by atoms with Crippen molar-refractivity contribution < 1.29 is 29.0 Å². The lowest BCUT2D eigenvalue weighted by atomic mass is 9.97. The van der Waals surface area contributed by atoms with E-state index in [1.165, 1.54) is 24.3 Å². The Bertz CT molecular complexity index is 585. The van der Waals surface area contributed by atoms with Gasteiger partial charge in [0.15, 0.2) is 5.92 Å². The highest BCUT2D eigenvalue weighted by atomic mass is 16.6. The maximum Gasteiger partial charge on any atom is 0.338 e. The van der Waals surface area contributed by atoms with Crippen molar-refractivity contribution in [3.8, 4) is 0 Å². The summed E-state index contributed by atoms with van der Waals surface area (Å²) in [6.45, 7) is 7.16. The Hall–Kier alpha value is -2.37. The molecular formula is C17H22O6. The van der Waals surface area contributed by atoms with Gasteiger partial charge in [0.1, 0.15) is 5.60 Å². The first-order valence-electron chi connectivity index (χ1n) is 7.38. The lowest BCUT2D eigenvalue weighted by Gasteiger charge is -2.20. The molecule has 0 saturated carbocycles. The van der Waals surface area contributed by atoms with Gasteiger partial charge in [-0.15, -0.1) is 0 Å². The Labute approximate surface area is 135 Å². The maximum absolute atomic E-state index is 12.1. The molecule has 1 aromatic carbocycles. The molecule has 23 heavy (non-hydrogen) atoms. The van der Waals surface area contributed by atoms with Gasteiger partial charge < -0.3 is 14.6 Å². The van der Waals surface area contributed by atoms with Crippen molar-refractivity contribution in [1.82, 2.24) is 0 Å². The minimum Gasteiger partial charge on any atom is -0.480 e. The van der Waals surface area contributed by atoms with Crippen LogP contribution in [-0.2, 0) is 19.1 Å². The third kappa shape index (κ3) is 5.73. The molecule has 6 heteroatoms. The van der Waals surface area contributed by atoms with Crippen LogP contribution in [0.5, 0.6) is 0 Å². The van der Waals surface area contributed by atoms with E-state index in [4.69, 9.17) is 9.47 Å². The predicted molar refractivity (Wildman–Crippen MR) is 83.2 cm³/mol. The molecule has 0 amide bonds. The first kappa shape index (κ1) is 18.7. The molecule has 0 saturated heterocycles. The van der Waals surface area contributed by atoms with Crippen molar-refractivity contribution in [1.29, 1.82) is 0 Å². The fourth-order valence-electron chi connectivity index (χ4n) is 1.85. The summed E-state index contributed by atoms with van der Waals surface area (Å²) in [6, 6.07) is 5.84. The number of ether oxygens (including phenoxy) is 2. The summed E-state index contributed by atoms with van der Waals surface area (Å²) in [5.74, 6) is -4.22. The Morgan fingerprint density at radius 1 is 1.22 bits per heavy atom. The standard InChI is InChI=1S/C17H22O6/c1-5-9-22-16(21)13(14(18)19)11-7-6-8-12(10-11)15(20)23-17(2,3)4/h6-8,10,13H,5,9H2,1-4H3,(H,18,19). The second kappa shape index (κ2) is 7.76. The number of carbonyl (C=O) groups is 3. The summed E-state index contributed by atoms with van der Waals surface area (Å²) in [7, 11) is 0. The van der Waals surface area contributed by atoms with Gasteiger partial charge in [-0.05, 0) is 44.9 Å². The van der Waals surface area contributed by atoms with Crippen molar-refractivity contribution >= 4 is 17.9 Å². The zero-order chi connectivity index (χ0) is 17.6. The van der Waals surface area contributed by atoms with E-state index >= 15 is 0 Å². The van der Waals surface area contributed by atoms with Crippen molar-refractivity contribution in [3.05, 3.63) is 35.4 Å². The van der Waals surface area contributed by atoms with Gasteiger partial charge in [-0.3, -0.25) is 9.59 Å². The van der Waals surface area contributed by atoms with Gasteiger partial charge in [-0.1, -0.05) is 19.1 Å². The van der Waals surface area contributed by atoms with E-state index < -0.39 is 29.4 Å². The second-order valence-corrected chi connectivity index (χ2v) is 6.07. The average Bonchev–Trinajstić information content (AvgIpc) is 2.43. The molecule has 0 heterocycles. The topological polar surface area (TPSA) is 89.9 Å². The van der Waals surface area contributed by atoms with Gasteiger partial charge in [-0.2, -0.15) is 0 Å². The number of carboxylic acids is 1. The predicted octanol–water partition coefficient (Wildman–Crippen LogP) is 2.76. The molecular weight excluding hydrogens is 300 g/mol. The minimum absolute atomic E-state index is 0.147. The zero-order valence-electron chi connectivity index (χ0n) is 13.8. The Morgan fingerprint density at radius 2 is 1.87 bits per heavy atom. The molecule has 6 nitrogen and oxygen atoms in total. The number of carboxylic acid groups (broad SMARTS) is 1. The summed E-state index contributed by atoms with van der Waals surface area (Å²) in [5.41, 5.74) is -0.298. The number of benzene rings is 1. The number of carbonyl (C=O) groups excluding carboxylic acids is 2. The molecule has 0 aliphatic rings. The molecule has 0 spiro atoms. The van der Waals surface area contributed by atoms with Gasteiger partial charge in [0.25, 0.3) is 0 Å². The van der Waals surface area contributed by atoms with Crippen LogP contribution < -0.4 is 0 Å². The SMILES string of the molecule is CCCOC(=O)C(C(=O)O)c1cccc(C(=O)OC(C)(C)C)c1. The maximum atomic E-state index is 12.1. The molecule has 0 fully saturated rings. The fourth-order valence-corrected chi connectivity index (χ4v) is 1.85. The van der Waals surface area contributed by atoms with Gasteiger partial charge >= 0.3 is 17.9 Å². The lowest BCUT2D eigenvalue weighted by Crippen LogP contribution is -2.26. The van der Waals surface area contributed by atoms with Crippen LogP contribution in [0.1, 0.15) is 56.0 Å². The fraction of sp³-hybridized carbons (Fsp3) is 0.471. The van der Waals surface area contributed by atoms with Crippen LogP contribution in [0.2, 0.25) is 0 Å². The molecule has 1 aromatic rings. The smallest absolute Gasteiger partial charge is 0.338 e. The van der Waals surface area contributed by atoms with E-state index in [1.54, 1.807) is 20.8 Å². The normalized spacial score (nSPS) is 12.3. The van der Waals surface area contributed by atoms with Crippen molar-refractivity contribution in [2.45, 2.75) is 45.6 Å². The Kier molecular flexibility index (Phi) is 6.30. The molecule has 1 rings (SSSR count). The molecule has 0 aliphatic heterocycles. The number of hydrogen-bond donors (Lipinski definition) is 1. The van der Waals surface area contributed by atoms with Crippen LogP contribution in [0.25, 0.3) is 0 Å². The van der Waals surface area contributed by atoms with E-state index in [-0.39, 0.29) is 17.7 Å². The third-order valence-electron chi connectivity index (χ3n) is 2.79. The molecule has 0 aliphatic carbocycles. The van der Waals surface area contributed by atoms with E-state index in [0.717, 1.165) is 0 Å². The van der Waals surface area contributed by atoms with Crippen LogP contribution in [0, 0.1) is 0 Å². The molecule has 1 unspecified atom stereocenters. The van der Waals surface area contributed by atoms with Gasteiger partial charge in [0.2, 0.25) is 0 Å². The average molecular weight is 322 g/mol. The molecule has 0 aromatic heterocycles. The first-order valence-corrected chi connectivity index (χ1v) is 7.38. The first-order chi connectivity index (χ1) is 10.7. The quantitative estimate of drug-likeness (QED) is 0.640. The van der Waals surface area contributed by atoms with Crippen molar-refractivity contribution in [2.24, 2.45) is 0 Å². The summed E-state index contributed by atoms with van der Waals surface area (Å²) < 4.78 is 10.2. The minimum atomic E-state index is -1.47. The molecule has 0 bridgehead atoms. The van der Waals surface area contributed by atoms with Gasteiger partial charge in [0.05, 0.1) is 12.2 Å². The highest BCUT2D eigenvalue weighted by Crippen LogP contribution is 2.21. The Balaban J connectivity index is 3.06.